The van der Waals surface area contributed by atoms with Crippen LogP contribution in [0, 0.1) is 11.8 Å². The van der Waals surface area contributed by atoms with E-state index in [0.717, 1.165) is 19.3 Å². The topological polar surface area (TPSA) is 54.4 Å². The molecule has 14 heavy (non-hydrogen) atoms. The maximum Gasteiger partial charge on any atom is 0.150 e. The van der Waals surface area contributed by atoms with Gasteiger partial charge in [-0.2, -0.15) is 0 Å². The summed E-state index contributed by atoms with van der Waals surface area (Å²) in [7, 11) is -2.77. The van der Waals surface area contributed by atoms with Gasteiger partial charge in [-0.05, 0) is 37.5 Å². The van der Waals surface area contributed by atoms with Crippen LogP contribution in [-0.4, -0.2) is 31.1 Å². The van der Waals surface area contributed by atoms with E-state index < -0.39 is 9.84 Å². The van der Waals surface area contributed by atoms with E-state index in [2.05, 4.69) is 0 Å². The lowest BCUT2D eigenvalue weighted by molar-refractivity contribution is 0.0449. The second-order valence-corrected chi connectivity index (χ2v) is 6.99. The summed E-state index contributed by atoms with van der Waals surface area (Å²) in [5, 5.41) is 9.80. The monoisotopic (exact) mass is 218 g/mol. The minimum Gasteiger partial charge on any atom is -0.393 e. The maximum atomic E-state index is 11.2. The van der Waals surface area contributed by atoms with Crippen LogP contribution in [0.2, 0.25) is 0 Å². The summed E-state index contributed by atoms with van der Waals surface area (Å²) in [6.07, 6.45) is 4.68. The Kier molecular flexibility index (Phi) is 2.84. The highest BCUT2D eigenvalue weighted by Crippen LogP contribution is 2.34. The molecule has 0 radical (unpaired) electrons. The molecule has 1 heterocycles. The van der Waals surface area contributed by atoms with E-state index in [1.54, 1.807) is 0 Å². The van der Waals surface area contributed by atoms with E-state index in [9.17, 15) is 13.5 Å². The predicted molar refractivity (Wildman–Crippen MR) is 54.7 cm³/mol. The molecule has 2 atom stereocenters. The minimum absolute atomic E-state index is 0.218. The third-order valence-corrected chi connectivity index (χ3v) is 5.43. The third kappa shape index (κ3) is 2.28. The first-order chi connectivity index (χ1) is 6.57. The van der Waals surface area contributed by atoms with Crippen LogP contribution in [0.25, 0.3) is 0 Å². The molecule has 3 nitrogen and oxygen atoms in total. The lowest BCUT2D eigenvalue weighted by Gasteiger charge is -2.31. The van der Waals surface area contributed by atoms with Gasteiger partial charge in [0.25, 0.3) is 0 Å². The summed E-state index contributed by atoms with van der Waals surface area (Å²) in [6.45, 7) is 0. The molecule has 1 N–H and O–H groups in total. The van der Waals surface area contributed by atoms with Crippen molar-refractivity contribution in [1.29, 1.82) is 0 Å². The molecule has 1 aliphatic carbocycles. The molecule has 0 aromatic carbocycles. The fourth-order valence-corrected chi connectivity index (χ4v) is 4.30. The number of rotatable bonds is 3. The summed E-state index contributed by atoms with van der Waals surface area (Å²) >= 11 is 0. The Morgan fingerprint density at radius 3 is 2.43 bits per heavy atom. The normalized spacial score (nSPS) is 33.9. The van der Waals surface area contributed by atoms with Gasteiger partial charge >= 0.3 is 0 Å². The van der Waals surface area contributed by atoms with Crippen LogP contribution < -0.4 is 0 Å². The van der Waals surface area contributed by atoms with Crippen molar-refractivity contribution >= 4 is 9.84 Å². The standard InChI is InChI=1S/C10H18O3S/c11-10(9-2-1-3-9)6-8-4-5-14(12,13)7-8/h8-11H,1-7H2. The molecule has 0 spiro atoms. The molecule has 2 rings (SSSR count). The second-order valence-electron chi connectivity index (χ2n) is 4.76. The summed E-state index contributed by atoms with van der Waals surface area (Å²) in [4.78, 5) is 0. The van der Waals surface area contributed by atoms with Gasteiger partial charge in [-0.3, -0.25) is 0 Å². The van der Waals surface area contributed by atoms with E-state index >= 15 is 0 Å². The lowest BCUT2D eigenvalue weighted by atomic mass is 9.78. The van der Waals surface area contributed by atoms with Crippen LogP contribution in [0.4, 0.5) is 0 Å². The smallest absolute Gasteiger partial charge is 0.150 e. The first kappa shape index (κ1) is 10.4. The molecular weight excluding hydrogens is 200 g/mol. The van der Waals surface area contributed by atoms with Gasteiger partial charge < -0.3 is 5.11 Å². The predicted octanol–water partition coefficient (Wildman–Crippen LogP) is 0.972. The molecule has 82 valence electrons. The van der Waals surface area contributed by atoms with Crippen LogP contribution in [0.1, 0.15) is 32.1 Å². The molecule has 2 unspecified atom stereocenters. The van der Waals surface area contributed by atoms with Crippen molar-refractivity contribution in [2.45, 2.75) is 38.2 Å². The molecule has 1 saturated carbocycles. The van der Waals surface area contributed by atoms with E-state index in [1.807, 2.05) is 0 Å². The third-order valence-electron chi connectivity index (χ3n) is 3.60. The number of hydrogen-bond acceptors (Lipinski definition) is 3. The van der Waals surface area contributed by atoms with Gasteiger partial charge in [-0.15, -0.1) is 0 Å². The van der Waals surface area contributed by atoms with Gasteiger partial charge in [0.15, 0.2) is 9.84 Å². The fraction of sp³-hybridized carbons (Fsp3) is 1.00. The molecule has 0 aromatic rings. The van der Waals surface area contributed by atoms with Crippen molar-refractivity contribution in [3.8, 4) is 0 Å². The molecule has 0 bridgehead atoms. The van der Waals surface area contributed by atoms with Crippen LogP contribution in [-0.2, 0) is 9.84 Å². The zero-order chi connectivity index (χ0) is 10.2. The highest BCUT2D eigenvalue weighted by atomic mass is 32.2. The summed E-state index contributed by atoms with van der Waals surface area (Å²) in [6, 6.07) is 0. The zero-order valence-corrected chi connectivity index (χ0v) is 9.17. The van der Waals surface area contributed by atoms with Crippen molar-refractivity contribution in [3.63, 3.8) is 0 Å². The number of hydrogen-bond donors (Lipinski definition) is 1. The minimum atomic E-state index is -2.77. The van der Waals surface area contributed by atoms with Gasteiger partial charge in [0, 0.05) is 0 Å². The van der Waals surface area contributed by atoms with Gasteiger partial charge in [0.2, 0.25) is 0 Å². The van der Waals surface area contributed by atoms with E-state index in [1.165, 1.54) is 6.42 Å². The highest BCUT2D eigenvalue weighted by molar-refractivity contribution is 7.91. The second kappa shape index (κ2) is 3.81. The quantitative estimate of drug-likeness (QED) is 0.768. The summed E-state index contributed by atoms with van der Waals surface area (Å²) in [5.74, 6) is 1.31. The Hall–Kier alpha value is -0.0900. The Bertz CT molecular complexity index is 292. The van der Waals surface area contributed by atoms with Crippen molar-refractivity contribution in [3.05, 3.63) is 0 Å². The molecule has 2 fully saturated rings. The Labute approximate surface area is 85.4 Å². The van der Waals surface area contributed by atoms with Crippen molar-refractivity contribution in [1.82, 2.24) is 0 Å². The van der Waals surface area contributed by atoms with Crippen LogP contribution in [0.15, 0.2) is 0 Å². The van der Waals surface area contributed by atoms with Crippen LogP contribution >= 0.6 is 0 Å². The molecule has 0 amide bonds. The molecular formula is C10H18O3S. The summed E-state index contributed by atoms with van der Waals surface area (Å²) < 4.78 is 22.4. The van der Waals surface area contributed by atoms with Crippen LogP contribution in [0.3, 0.4) is 0 Å². The average Bonchev–Trinajstić information content (AvgIpc) is 2.25. The summed E-state index contributed by atoms with van der Waals surface area (Å²) in [5.41, 5.74) is 0. The lowest BCUT2D eigenvalue weighted by Crippen LogP contribution is -2.29. The first-order valence-electron chi connectivity index (χ1n) is 5.45. The molecule has 1 saturated heterocycles. The zero-order valence-electron chi connectivity index (χ0n) is 8.35. The number of sulfone groups is 1. The van der Waals surface area contributed by atoms with Crippen LogP contribution in [0.5, 0.6) is 0 Å². The Morgan fingerprint density at radius 1 is 1.29 bits per heavy atom. The maximum absolute atomic E-state index is 11.2. The van der Waals surface area contributed by atoms with E-state index in [4.69, 9.17) is 0 Å². The SMILES string of the molecule is O=S1(=O)CCC(CC(O)C2CCC2)C1. The van der Waals surface area contributed by atoms with E-state index in [-0.39, 0.29) is 12.0 Å². The molecule has 4 heteroatoms. The molecule has 0 aromatic heterocycles. The van der Waals surface area contributed by atoms with Gasteiger partial charge in [-0.25, -0.2) is 8.42 Å². The highest BCUT2D eigenvalue weighted by Gasteiger charge is 2.33. The number of aliphatic hydroxyl groups excluding tert-OH is 1. The van der Waals surface area contributed by atoms with Gasteiger partial charge in [0.05, 0.1) is 17.6 Å². The van der Waals surface area contributed by atoms with Gasteiger partial charge in [-0.1, -0.05) is 6.42 Å². The average molecular weight is 218 g/mol. The van der Waals surface area contributed by atoms with Crippen molar-refractivity contribution in [2.24, 2.45) is 11.8 Å². The van der Waals surface area contributed by atoms with E-state index in [0.29, 0.717) is 23.8 Å². The van der Waals surface area contributed by atoms with Crippen molar-refractivity contribution in [2.75, 3.05) is 11.5 Å². The van der Waals surface area contributed by atoms with Gasteiger partial charge in [0.1, 0.15) is 0 Å². The Balaban J connectivity index is 1.80. The molecule has 2 aliphatic rings. The largest absolute Gasteiger partial charge is 0.393 e. The van der Waals surface area contributed by atoms with Crippen molar-refractivity contribution < 1.29 is 13.5 Å². The number of aliphatic hydroxyl groups is 1. The first-order valence-corrected chi connectivity index (χ1v) is 7.27. The molecule has 1 aliphatic heterocycles. The fourth-order valence-electron chi connectivity index (χ4n) is 2.42. The Morgan fingerprint density at radius 2 is 2.00 bits per heavy atom.